The molecular formula is C15H29F2N. The van der Waals surface area contributed by atoms with Crippen LogP contribution in [0.5, 0.6) is 0 Å². The second-order valence-electron chi connectivity index (χ2n) is 6.20. The Hall–Kier alpha value is -0.180. The van der Waals surface area contributed by atoms with E-state index in [1.807, 2.05) is 0 Å². The van der Waals surface area contributed by atoms with Crippen LogP contribution in [-0.4, -0.2) is 18.5 Å². The lowest BCUT2D eigenvalue weighted by Gasteiger charge is -2.35. The molecule has 0 amide bonds. The minimum absolute atomic E-state index is 0.0896. The van der Waals surface area contributed by atoms with Gasteiger partial charge in [-0.3, -0.25) is 0 Å². The van der Waals surface area contributed by atoms with E-state index >= 15 is 0 Å². The summed E-state index contributed by atoms with van der Waals surface area (Å²) >= 11 is 0. The van der Waals surface area contributed by atoms with Crippen molar-refractivity contribution >= 4 is 0 Å². The maximum atomic E-state index is 13.5. The Morgan fingerprint density at radius 2 is 2.00 bits per heavy atom. The lowest BCUT2D eigenvalue weighted by molar-refractivity contribution is -0.0586. The van der Waals surface area contributed by atoms with E-state index in [1.54, 1.807) is 0 Å². The van der Waals surface area contributed by atoms with Crippen molar-refractivity contribution in [2.75, 3.05) is 6.54 Å². The van der Waals surface area contributed by atoms with Crippen molar-refractivity contribution in [2.45, 2.75) is 77.7 Å². The van der Waals surface area contributed by atoms with E-state index in [9.17, 15) is 8.78 Å². The van der Waals surface area contributed by atoms with E-state index < -0.39 is 5.92 Å². The Bertz CT molecular complexity index is 229. The number of nitrogens with one attached hydrogen (secondary N) is 1. The summed E-state index contributed by atoms with van der Waals surface area (Å²) in [6, 6.07) is 0.292. The molecule has 1 saturated carbocycles. The highest BCUT2D eigenvalue weighted by molar-refractivity contribution is 4.85. The van der Waals surface area contributed by atoms with Crippen molar-refractivity contribution < 1.29 is 8.78 Å². The maximum Gasteiger partial charge on any atom is 0.248 e. The zero-order valence-electron chi connectivity index (χ0n) is 12.1. The number of hydrogen-bond acceptors (Lipinski definition) is 1. The predicted molar refractivity (Wildman–Crippen MR) is 73.1 cm³/mol. The maximum absolute atomic E-state index is 13.5. The predicted octanol–water partition coefficient (Wildman–Crippen LogP) is 4.62. The van der Waals surface area contributed by atoms with Crippen LogP contribution in [0.4, 0.5) is 8.78 Å². The van der Waals surface area contributed by atoms with Gasteiger partial charge >= 0.3 is 0 Å². The van der Waals surface area contributed by atoms with Crippen LogP contribution in [0.15, 0.2) is 0 Å². The summed E-state index contributed by atoms with van der Waals surface area (Å²) < 4.78 is 27.0. The SMILES string of the molecule is CCNC(CCCC(C)C)C1CCCC(F)(F)C1. The molecule has 0 spiro atoms. The first-order chi connectivity index (χ1) is 8.44. The fourth-order valence-electron chi connectivity index (χ4n) is 3.07. The average molecular weight is 261 g/mol. The molecule has 0 aromatic carbocycles. The molecule has 3 heteroatoms. The van der Waals surface area contributed by atoms with Crippen LogP contribution in [0.25, 0.3) is 0 Å². The molecule has 1 nitrogen and oxygen atoms in total. The Labute approximate surface area is 111 Å². The second-order valence-corrected chi connectivity index (χ2v) is 6.20. The Morgan fingerprint density at radius 3 is 2.56 bits per heavy atom. The van der Waals surface area contributed by atoms with Gasteiger partial charge in [-0.25, -0.2) is 8.78 Å². The first-order valence-corrected chi connectivity index (χ1v) is 7.56. The van der Waals surface area contributed by atoms with Crippen molar-refractivity contribution in [1.82, 2.24) is 5.32 Å². The van der Waals surface area contributed by atoms with E-state index in [0.717, 1.165) is 25.8 Å². The van der Waals surface area contributed by atoms with Crippen LogP contribution in [0.2, 0.25) is 0 Å². The molecular weight excluding hydrogens is 232 g/mol. The van der Waals surface area contributed by atoms with Gasteiger partial charge < -0.3 is 5.32 Å². The van der Waals surface area contributed by atoms with Crippen molar-refractivity contribution in [3.63, 3.8) is 0 Å². The summed E-state index contributed by atoms with van der Waals surface area (Å²) in [4.78, 5) is 0. The van der Waals surface area contributed by atoms with Gasteiger partial charge in [-0.2, -0.15) is 0 Å². The fourth-order valence-corrected chi connectivity index (χ4v) is 3.07. The van der Waals surface area contributed by atoms with Crippen molar-refractivity contribution in [1.29, 1.82) is 0 Å². The second kappa shape index (κ2) is 7.42. The van der Waals surface area contributed by atoms with Crippen LogP contribution in [-0.2, 0) is 0 Å². The number of alkyl halides is 2. The molecule has 0 heterocycles. The van der Waals surface area contributed by atoms with E-state index in [4.69, 9.17) is 0 Å². The van der Waals surface area contributed by atoms with Gasteiger partial charge in [0, 0.05) is 18.9 Å². The third-order valence-corrected chi connectivity index (χ3v) is 4.01. The zero-order chi connectivity index (χ0) is 13.6. The van der Waals surface area contributed by atoms with Crippen LogP contribution in [0.3, 0.4) is 0 Å². The van der Waals surface area contributed by atoms with Gasteiger partial charge in [-0.1, -0.05) is 33.6 Å². The van der Waals surface area contributed by atoms with Gasteiger partial charge in [0.1, 0.15) is 0 Å². The minimum atomic E-state index is -2.42. The summed E-state index contributed by atoms with van der Waals surface area (Å²) in [5, 5.41) is 3.43. The van der Waals surface area contributed by atoms with Gasteiger partial charge in [0.25, 0.3) is 0 Å². The van der Waals surface area contributed by atoms with Crippen LogP contribution >= 0.6 is 0 Å². The molecule has 0 aromatic rings. The molecule has 2 unspecified atom stereocenters. The normalized spacial score (nSPS) is 25.3. The molecule has 1 rings (SSSR count). The third-order valence-electron chi connectivity index (χ3n) is 4.01. The molecule has 1 aliphatic rings. The molecule has 0 bridgehead atoms. The van der Waals surface area contributed by atoms with Crippen molar-refractivity contribution in [3.05, 3.63) is 0 Å². The highest BCUT2D eigenvalue weighted by Gasteiger charge is 2.38. The lowest BCUT2D eigenvalue weighted by Crippen LogP contribution is -2.41. The Morgan fingerprint density at radius 1 is 1.28 bits per heavy atom. The molecule has 1 fully saturated rings. The average Bonchev–Trinajstić information content (AvgIpc) is 2.26. The Balaban J connectivity index is 2.44. The summed E-state index contributed by atoms with van der Waals surface area (Å²) in [6.07, 6.45) is 5.23. The highest BCUT2D eigenvalue weighted by Crippen LogP contribution is 2.39. The van der Waals surface area contributed by atoms with Crippen molar-refractivity contribution in [2.24, 2.45) is 11.8 Å². The number of hydrogen-bond donors (Lipinski definition) is 1. The van der Waals surface area contributed by atoms with E-state index in [1.165, 1.54) is 6.42 Å². The number of halogens is 2. The first-order valence-electron chi connectivity index (χ1n) is 7.56. The minimum Gasteiger partial charge on any atom is -0.314 e. The van der Waals surface area contributed by atoms with E-state index in [-0.39, 0.29) is 18.8 Å². The van der Waals surface area contributed by atoms with Crippen LogP contribution in [0, 0.1) is 11.8 Å². The third kappa shape index (κ3) is 5.64. The molecule has 0 aliphatic heterocycles. The van der Waals surface area contributed by atoms with Crippen LogP contribution < -0.4 is 5.32 Å². The summed E-state index contributed by atoms with van der Waals surface area (Å²) in [5.41, 5.74) is 0. The zero-order valence-corrected chi connectivity index (χ0v) is 12.1. The Kier molecular flexibility index (Phi) is 6.54. The number of rotatable bonds is 7. The molecule has 0 aromatic heterocycles. The molecule has 1 N–H and O–H groups in total. The molecule has 1 aliphatic carbocycles. The van der Waals surface area contributed by atoms with E-state index in [0.29, 0.717) is 18.4 Å². The van der Waals surface area contributed by atoms with Gasteiger partial charge in [-0.15, -0.1) is 0 Å². The molecule has 0 radical (unpaired) electrons. The van der Waals surface area contributed by atoms with Gasteiger partial charge in [0.05, 0.1) is 0 Å². The summed E-state index contributed by atoms with van der Waals surface area (Å²) in [6.45, 7) is 7.39. The quantitative estimate of drug-likeness (QED) is 0.705. The van der Waals surface area contributed by atoms with Crippen molar-refractivity contribution in [3.8, 4) is 0 Å². The summed E-state index contributed by atoms with van der Waals surface area (Å²) in [5.74, 6) is -1.55. The molecule has 2 atom stereocenters. The standard InChI is InChI=1S/C15H29F2N/c1-4-18-14(9-5-7-12(2)3)13-8-6-10-15(16,17)11-13/h12-14,18H,4-11H2,1-3H3. The first kappa shape index (κ1) is 15.9. The van der Waals surface area contributed by atoms with Crippen LogP contribution in [0.1, 0.15) is 65.7 Å². The van der Waals surface area contributed by atoms with Gasteiger partial charge in [0.2, 0.25) is 5.92 Å². The largest absolute Gasteiger partial charge is 0.314 e. The fraction of sp³-hybridized carbons (Fsp3) is 1.00. The molecule has 0 saturated heterocycles. The summed E-state index contributed by atoms with van der Waals surface area (Å²) in [7, 11) is 0. The van der Waals surface area contributed by atoms with Gasteiger partial charge in [-0.05, 0) is 37.6 Å². The topological polar surface area (TPSA) is 12.0 Å². The monoisotopic (exact) mass is 261 g/mol. The smallest absolute Gasteiger partial charge is 0.248 e. The van der Waals surface area contributed by atoms with E-state index in [2.05, 4.69) is 26.1 Å². The van der Waals surface area contributed by atoms with Gasteiger partial charge in [0.15, 0.2) is 0 Å². The lowest BCUT2D eigenvalue weighted by atomic mass is 9.80. The molecule has 108 valence electrons. The molecule has 18 heavy (non-hydrogen) atoms. The highest BCUT2D eigenvalue weighted by atomic mass is 19.3.